The highest BCUT2D eigenvalue weighted by Gasteiger charge is 2.49. The number of fused-ring (bicyclic) bond motifs is 3. The van der Waals surface area contributed by atoms with Crippen molar-refractivity contribution in [2.45, 2.75) is 57.4 Å². The standard InChI is InChI=1S/C23H34Cl2N4O/c1-2-26-21(30)27-23-9-6-22(7-10-23,8-11-23)12-13-28-14-16-29(17-15-28)19-5-3-4-18(24)20(19)25/h3-5H,2,6-17H2,1H3,(H2,26,27,30). The van der Waals surface area contributed by atoms with Gasteiger partial charge < -0.3 is 15.5 Å². The Bertz CT molecular complexity index is 739. The van der Waals surface area contributed by atoms with Crippen LogP contribution in [-0.4, -0.2) is 55.7 Å². The van der Waals surface area contributed by atoms with Crippen LogP contribution in [0.3, 0.4) is 0 Å². The number of carbonyl (C=O) groups excluding carboxylic acids is 1. The first-order valence-electron chi connectivity index (χ1n) is 11.4. The predicted octanol–water partition coefficient (Wildman–Crippen LogP) is 4.92. The molecule has 1 aromatic rings. The molecule has 7 heteroatoms. The monoisotopic (exact) mass is 452 g/mol. The summed E-state index contributed by atoms with van der Waals surface area (Å²) in [5, 5.41) is 7.47. The Morgan fingerprint density at radius 2 is 1.70 bits per heavy atom. The van der Waals surface area contributed by atoms with E-state index in [1.807, 2.05) is 19.1 Å². The summed E-state index contributed by atoms with van der Waals surface area (Å²) in [5.74, 6) is 0. The number of anilines is 1. The molecule has 1 aliphatic heterocycles. The van der Waals surface area contributed by atoms with Gasteiger partial charge >= 0.3 is 6.03 Å². The van der Waals surface area contributed by atoms with Gasteiger partial charge in [0.05, 0.1) is 15.7 Å². The fourth-order valence-corrected chi connectivity index (χ4v) is 6.03. The van der Waals surface area contributed by atoms with Crippen LogP contribution in [0.25, 0.3) is 0 Å². The van der Waals surface area contributed by atoms with Gasteiger partial charge in [-0.3, -0.25) is 4.90 Å². The number of halogens is 2. The molecule has 0 radical (unpaired) electrons. The molecule has 3 saturated carbocycles. The molecule has 2 N–H and O–H groups in total. The van der Waals surface area contributed by atoms with Gasteiger partial charge in [0.25, 0.3) is 0 Å². The van der Waals surface area contributed by atoms with Crippen molar-refractivity contribution >= 4 is 34.9 Å². The quantitative estimate of drug-likeness (QED) is 0.643. The minimum absolute atomic E-state index is 0.00424. The normalized spacial score (nSPS) is 29.1. The molecule has 1 aromatic carbocycles. The molecule has 5 nitrogen and oxygen atoms in total. The van der Waals surface area contributed by atoms with E-state index >= 15 is 0 Å². The van der Waals surface area contributed by atoms with Gasteiger partial charge in [0.2, 0.25) is 0 Å². The van der Waals surface area contributed by atoms with Crippen LogP contribution >= 0.6 is 23.2 Å². The van der Waals surface area contributed by atoms with E-state index in [9.17, 15) is 4.79 Å². The van der Waals surface area contributed by atoms with Crippen molar-refractivity contribution in [2.24, 2.45) is 5.41 Å². The minimum Gasteiger partial charge on any atom is -0.368 e. The molecule has 0 atom stereocenters. The zero-order valence-electron chi connectivity index (χ0n) is 18.0. The molecule has 30 heavy (non-hydrogen) atoms. The molecule has 0 unspecified atom stereocenters. The SMILES string of the molecule is CCNC(=O)NC12CCC(CCN3CCN(c4cccc(Cl)c4Cl)CC3)(CC1)CC2. The van der Waals surface area contributed by atoms with Gasteiger partial charge in [0.1, 0.15) is 0 Å². The van der Waals surface area contributed by atoms with Crippen molar-refractivity contribution in [1.29, 1.82) is 0 Å². The highest BCUT2D eigenvalue weighted by Crippen LogP contribution is 2.54. The van der Waals surface area contributed by atoms with Crippen molar-refractivity contribution in [3.05, 3.63) is 28.2 Å². The number of piperazine rings is 1. The summed E-state index contributed by atoms with van der Waals surface area (Å²) >= 11 is 12.6. The second-order valence-corrected chi connectivity index (χ2v) is 10.2. The maximum atomic E-state index is 12.0. The molecule has 166 valence electrons. The molecule has 0 aromatic heterocycles. The van der Waals surface area contributed by atoms with Crippen molar-refractivity contribution in [1.82, 2.24) is 15.5 Å². The number of rotatable bonds is 6. The average Bonchev–Trinajstić information content (AvgIpc) is 2.76. The molecule has 1 heterocycles. The van der Waals surface area contributed by atoms with Crippen LogP contribution in [0.5, 0.6) is 0 Å². The van der Waals surface area contributed by atoms with E-state index < -0.39 is 0 Å². The number of carbonyl (C=O) groups is 1. The van der Waals surface area contributed by atoms with Crippen molar-refractivity contribution in [3.63, 3.8) is 0 Å². The van der Waals surface area contributed by atoms with Crippen molar-refractivity contribution in [3.8, 4) is 0 Å². The van der Waals surface area contributed by atoms with E-state index in [0.29, 0.717) is 22.0 Å². The Kier molecular flexibility index (Phi) is 6.71. The van der Waals surface area contributed by atoms with Crippen LogP contribution < -0.4 is 15.5 Å². The maximum absolute atomic E-state index is 12.0. The summed E-state index contributed by atoms with van der Waals surface area (Å²) in [6.07, 6.45) is 8.41. The zero-order valence-corrected chi connectivity index (χ0v) is 19.5. The Morgan fingerprint density at radius 1 is 1.03 bits per heavy atom. The fourth-order valence-electron chi connectivity index (χ4n) is 5.62. The van der Waals surface area contributed by atoms with E-state index in [4.69, 9.17) is 23.2 Å². The summed E-state index contributed by atoms with van der Waals surface area (Å²) < 4.78 is 0. The van der Waals surface area contributed by atoms with Crippen LogP contribution in [0.2, 0.25) is 10.0 Å². The van der Waals surface area contributed by atoms with Crippen LogP contribution in [0.4, 0.5) is 10.5 Å². The highest BCUT2D eigenvalue weighted by atomic mass is 35.5. The number of benzene rings is 1. The van der Waals surface area contributed by atoms with Gasteiger partial charge in [0.15, 0.2) is 0 Å². The third kappa shape index (κ3) is 4.68. The number of nitrogens with zero attached hydrogens (tertiary/aromatic N) is 2. The lowest BCUT2D eigenvalue weighted by molar-refractivity contribution is 0.0150. The molecule has 2 amide bonds. The van der Waals surface area contributed by atoms with Gasteiger partial charge in [-0.2, -0.15) is 0 Å². The van der Waals surface area contributed by atoms with Crippen LogP contribution in [0.1, 0.15) is 51.9 Å². The molecule has 2 bridgehead atoms. The Balaban J connectivity index is 1.24. The summed E-state index contributed by atoms with van der Waals surface area (Å²) in [5.41, 5.74) is 1.58. The van der Waals surface area contributed by atoms with Crippen molar-refractivity contribution in [2.75, 3.05) is 44.2 Å². The summed E-state index contributed by atoms with van der Waals surface area (Å²) in [6.45, 7) is 7.95. The second-order valence-electron chi connectivity index (χ2n) is 9.42. The molecule has 3 aliphatic carbocycles. The maximum Gasteiger partial charge on any atom is 0.315 e. The first-order valence-corrected chi connectivity index (χ1v) is 12.2. The summed E-state index contributed by atoms with van der Waals surface area (Å²) in [4.78, 5) is 17.0. The van der Waals surface area contributed by atoms with Gasteiger partial charge in [-0.25, -0.2) is 4.79 Å². The van der Waals surface area contributed by atoms with E-state index in [-0.39, 0.29) is 11.6 Å². The number of urea groups is 1. The van der Waals surface area contributed by atoms with Gasteiger partial charge in [-0.15, -0.1) is 0 Å². The number of nitrogens with one attached hydrogen (secondary N) is 2. The lowest BCUT2D eigenvalue weighted by Gasteiger charge is -2.54. The minimum atomic E-state index is 0.00424. The van der Waals surface area contributed by atoms with Crippen molar-refractivity contribution < 1.29 is 4.79 Å². The summed E-state index contributed by atoms with van der Waals surface area (Å²) in [6, 6.07) is 5.89. The van der Waals surface area contributed by atoms with E-state index in [2.05, 4.69) is 26.5 Å². The smallest absolute Gasteiger partial charge is 0.315 e. The topological polar surface area (TPSA) is 47.6 Å². The van der Waals surface area contributed by atoms with Crippen LogP contribution in [0.15, 0.2) is 18.2 Å². The Hall–Kier alpha value is -1.17. The Morgan fingerprint density at radius 3 is 2.33 bits per heavy atom. The third-order valence-corrected chi connectivity index (χ3v) is 8.53. The van der Waals surface area contributed by atoms with E-state index in [0.717, 1.165) is 51.1 Å². The molecule has 4 aliphatic rings. The number of amides is 2. The fraction of sp³-hybridized carbons (Fsp3) is 0.696. The molecule has 1 saturated heterocycles. The molecule has 0 spiro atoms. The third-order valence-electron chi connectivity index (χ3n) is 7.72. The molecular weight excluding hydrogens is 419 g/mol. The highest BCUT2D eigenvalue weighted by molar-refractivity contribution is 6.43. The first-order chi connectivity index (χ1) is 14.4. The largest absolute Gasteiger partial charge is 0.368 e. The molecular formula is C23H34Cl2N4O. The molecule has 4 fully saturated rings. The van der Waals surface area contributed by atoms with E-state index in [1.165, 1.54) is 32.2 Å². The first kappa shape index (κ1) is 22.0. The van der Waals surface area contributed by atoms with Gasteiger partial charge in [-0.05, 0) is 76.0 Å². The van der Waals surface area contributed by atoms with Gasteiger partial charge in [-0.1, -0.05) is 29.3 Å². The lowest BCUT2D eigenvalue weighted by Crippen LogP contribution is -2.59. The zero-order chi connectivity index (χ0) is 21.2. The van der Waals surface area contributed by atoms with Gasteiger partial charge in [0, 0.05) is 38.3 Å². The molecule has 5 rings (SSSR count). The van der Waals surface area contributed by atoms with Crippen LogP contribution in [-0.2, 0) is 0 Å². The Labute approximate surface area is 190 Å². The van der Waals surface area contributed by atoms with Crippen LogP contribution in [0, 0.1) is 5.41 Å². The lowest BCUT2D eigenvalue weighted by atomic mass is 9.56. The average molecular weight is 453 g/mol. The summed E-state index contributed by atoms with van der Waals surface area (Å²) in [7, 11) is 0. The number of hydrogen-bond donors (Lipinski definition) is 2. The second kappa shape index (κ2) is 9.13. The predicted molar refractivity (Wildman–Crippen MR) is 125 cm³/mol. The van der Waals surface area contributed by atoms with E-state index in [1.54, 1.807) is 0 Å². The number of hydrogen-bond acceptors (Lipinski definition) is 3.